The predicted molar refractivity (Wildman–Crippen MR) is 67.6 cm³/mol. The fourth-order valence-corrected chi connectivity index (χ4v) is 1.64. The van der Waals surface area contributed by atoms with E-state index in [4.69, 9.17) is 4.74 Å². The van der Waals surface area contributed by atoms with Gasteiger partial charge in [-0.15, -0.1) is 0 Å². The average Bonchev–Trinajstić information content (AvgIpc) is 2.46. The highest BCUT2D eigenvalue weighted by atomic mass is 16.5. The van der Waals surface area contributed by atoms with Gasteiger partial charge >= 0.3 is 5.97 Å². The topological polar surface area (TPSA) is 48.4 Å². The first-order chi connectivity index (χ1) is 8.76. The van der Waals surface area contributed by atoms with Gasteiger partial charge in [0, 0.05) is 11.8 Å². The molecule has 0 N–H and O–H groups in total. The van der Waals surface area contributed by atoms with Crippen molar-refractivity contribution in [2.24, 2.45) is 0 Å². The third-order valence-electron chi connectivity index (χ3n) is 2.54. The van der Waals surface area contributed by atoms with Crippen molar-refractivity contribution in [1.29, 1.82) is 0 Å². The summed E-state index contributed by atoms with van der Waals surface area (Å²) in [6.45, 7) is 0. The summed E-state index contributed by atoms with van der Waals surface area (Å²) in [5.74, 6) is 0.115. The molecule has 0 spiro atoms. The quantitative estimate of drug-likeness (QED) is 0.777. The maximum absolute atomic E-state index is 11.4. The van der Waals surface area contributed by atoms with E-state index in [0.717, 1.165) is 5.56 Å². The Morgan fingerprint density at radius 1 is 1.17 bits per heavy atom. The molecule has 1 heterocycles. The van der Waals surface area contributed by atoms with Gasteiger partial charge in [-0.1, -0.05) is 30.3 Å². The highest BCUT2D eigenvalue weighted by Crippen LogP contribution is 2.28. The Morgan fingerprint density at radius 2 is 1.89 bits per heavy atom. The molecule has 2 rings (SSSR count). The molecule has 1 aromatic carbocycles. The molecule has 0 amide bonds. The van der Waals surface area contributed by atoms with Crippen molar-refractivity contribution in [2.45, 2.75) is 0 Å². The summed E-state index contributed by atoms with van der Waals surface area (Å²) in [7, 11) is 2.88. The Morgan fingerprint density at radius 3 is 2.50 bits per heavy atom. The fraction of sp³-hybridized carbons (Fsp3) is 0.143. The average molecular weight is 243 g/mol. The van der Waals surface area contributed by atoms with Gasteiger partial charge in [0.2, 0.25) is 0 Å². The summed E-state index contributed by atoms with van der Waals surface area (Å²) in [5.41, 5.74) is 2.01. The lowest BCUT2D eigenvalue weighted by atomic mass is 10.1. The van der Waals surface area contributed by atoms with Gasteiger partial charge in [0.1, 0.15) is 11.4 Å². The minimum Gasteiger partial charge on any atom is -0.494 e. The first-order valence-electron chi connectivity index (χ1n) is 5.44. The first kappa shape index (κ1) is 12.1. The molecule has 0 bridgehead atoms. The third kappa shape index (κ3) is 2.32. The van der Waals surface area contributed by atoms with E-state index >= 15 is 0 Å². The number of carbonyl (C=O) groups is 1. The van der Waals surface area contributed by atoms with E-state index in [0.29, 0.717) is 17.0 Å². The summed E-state index contributed by atoms with van der Waals surface area (Å²) in [4.78, 5) is 15.7. The molecule has 4 nitrogen and oxygen atoms in total. The van der Waals surface area contributed by atoms with Crippen LogP contribution in [0.2, 0.25) is 0 Å². The van der Waals surface area contributed by atoms with Gasteiger partial charge in [-0.2, -0.15) is 0 Å². The van der Waals surface area contributed by atoms with Crippen LogP contribution in [0.15, 0.2) is 42.6 Å². The lowest BCUT2D eigenvalue weighted by molar-refractivity contribution is 0.0600. The van der Waals surface area contributed by atoms with Gasteiger partial charge in [0.15, 0.2) is 0 Å². The lowest BCUT2D eigenvalue weighted by Gasteiger charge is -2.09. The zero-order valence-electron chi connectivity index (χ0n) is 10.2. The minimum atomic E-state index is -0.430. The van der Waals surface area contributed by atoms with Crippen LogP contribution >= 0.6 is 0 Å². The molecule has 0 fully saturated rings. The molecule has 0 unspecified atom stereocenters. The normalized spacial score (nSPS) is 9.89. The molecule has 0 aliphatic heterocycles. The van der Waals surface area contributed by atoms with Gasteiger partial charge in [-0.3, -0.25) is 4.98 Å². The molecule has 1 aromatic heterocycles. The number of esters is 1. The molecule has 0 saturated carbocycles. The summed E-state index contributed by atoms with van der Waals surface area (Å²) in [6.07, 6.45) is 1.48. The van der Waals surface area contributed by atoms with Crippen LogP contribution in [-0.2, 0) is 4.74 Å². The lowest BCUT2D eigenvalue weighted by Crippen LogP contribution is -2.03. The van der Waals surface area contributed by atoms with Crippen LogP contribution in [0.4, 0.5) is 0 Å². The Bertz CT molecular complexity index is 552. The molecule has 18 heavy (non-hydrogen) atoms. The number of ether oxygens (including phenoxy) is 2. The van der Waals surface area contributed by atoms with Crippen molar-refractivity contribution < 1.29 is 14.3 Å². The first-order valence-corrected chi connectivity index (χ1v) is 5.44. The monoisotopic (exact) mass is 243 g/mol. The minimum absolute atomic E-state index is 0.369. The number of methoxy groups -OCH3 is 2. The standard InChI is InChI=1S/C14H13NO3/c1-17-12-8-11(14(16)18-2)9-15-13(12)10-6-4-3-5-7-10/h3-9H,1-2H3. The molecule has 0 aliphatic carbocycles. The number of rotatable bonds is 3. The number of hydrogen-bond donors (Lipinski definition) is 0. The number of aromatic nitrogens is 1. The van der Waals surface area contributed by atoms with Crippen molar-refractivity contribution in [3.8, 4) is 17.0 Å². The van der Waals surface area contributed by atoms with Crippen LogP contribution in [0, 0.1) is 0 Å². The van der Waals surface area contributed by atoms with Gasteiger partial charge in [-0.05, 0) is 6.07 Å². The molecule has 0 aliphatic rings. The largest absolute Gasteiger partial charge is 0.494 e. The van der Waals surface area contributed by atoms with Crippen molar-refractivity contribution in [1.82, 2.24) is 4.98 Å². The zero-order chi connectivity index (χ0) is 13.0. The molecule has 4 heteroatoms. The van der Waals surface area contributed by atoms with Crippen molar-refractivity contribution in [3.63, 3.8) is 0 Å². The van der Waals surface area contributed by atoms with E-state index in [1.165, 1.54) is 13.3 Å². The van der Waals surface area contributed by atoms with Gasteiger partial charge in [-0.25, -0.2) is 4.79 Å². The maximum Gasteiger partial charge on any atom is 0.339 e. The Balaban J connectivity index is 2.47. The Kier molecular flexibility index (Phi) is 3.57. The predicted octanol–water partition coefficient (Wildman–Crippen LogP) is 2.54. The number of benzene rings is 1. The molecular weight excluding hydrogens is 230 g/mol. The maximum atomic E-state index is 11.4. The van der Waals surface area contributed by atoms with Gasteiger partial charge < -0.3 is 9.47 Å². The van der Waals surface area contributed by atoms with Crippen LogP contribution in [0.1, 0.15) is 10.4 Å². The van der Waals surface area contributed by atoms with Crippen molar-refractivity contribution >= 4 is 5.97 Å². The Hall–Kier alpha value is -2.36. The van der Waals surface area contributed by atoms with Crippen LogP contribution in [-0.4, -0.2) is 25.2 Å². The van der Waals surface area contributed by atoms with Crippen LogP contribution < -0.4 is 4.74 Å². The van der Waals surface area contributed by atoms with Gasteiger partial charge in [0.05, 0.1) is 19.8 Å². The van der Waals surface area contributed by atoms with Crippen LogP contribution in [0.3, 0.4) is 0 Å². The fourth-order valence-electron chi connectivity index (χ4n) is 1.64. The van der Waals surface area contributed by atoms with E-state index in [9.17, 15) is 4.79 Å². The van der Waals surface area contributed by atoms with Gasteiger partial charge in [0.25, 0.3) is 0 Å². The smallest absolute Gasteiger partial charge is 0.339 e. The number of pyridine rings is 1. The van der Waals surface area contributed by atoms with E-state index in [2.05, 4.69) is 9.72 Å². The van der Waals surface area contributed by atoms with E-state index in [-0.39, 0.29) is 0 Å². The molecule has 2 aromatic rings. The zero-order valence-corrected chi connectivity index (χ0v) is 10.2. The second-order valence-electron chi connectivity index (χ2n) is 3.63. The van der Waals surface area contributed by atoms with E-state index < -0.39 is 5.97 Å². The molecule has 0 atom stereocenters. The van der Waals surface area contributed by atoms with Crippen LogP contribution in [0.5, 0.6) is 5.75 Å². The number of nitrogens with zero attached hydrogens (tertiary/aromatic N) is 1. The van der Waals surface area contributed by atoms with E-state index in [1.807, 2.05) is 30.3 Å². The molecule has 92 valence electrons. The number of hydrogen-bond acceptors (Lipinski definition) is 4. The summed E-state index contributed by atoms with van der Waals surface area (Å²) in [5, 5.41) is 0. The van der Waals surface area contributed by atoms with Crippen molar-refractivity contribution in [2.75, 3.05) is 14.2 Å². The second-order valence-corrected chi connectivity index (χ2v) is 3.63. The summed E-state index contributed by atoms with van der Waals surface area (Å²) in [6, 6.07) is 11.3. The summed E-state index contributed by atoms with van der Waals surface area (Å²) >= 11 is 0. The number of carbonyl (C=O) groups excluding carboxylic acids is 1. The van der Waals surface area contributed by atoms with E-state index in [1.54, 1.807) is 13.2 Å². The highest BCUT2D eigenvalue weighted by molar-refractivity contribution is 5.90. The highest BCUT2D eigenvalue weighted by Gasteiger charge is 2.12. The molecular formula is C14H13NO3. The SMILES string of the molecule is COC(=O)c1cnc(-c2ccccc2)c(OC)c1. The van der Waals surface area contributed by atoms with Crippen LogP contribution in [0.25, 0.3) is 11.3 Å². The molecule has 0 saturated heterocycles. The molecule has 0 radical (unpaired) electrons. The Labute approximate surface area is 105 Å². The van der Waals surface area contributed by atoms with Crippen molar-refractivity contribution in [3.05, 3.63) is 48.2 Å². The third-order valence-corrected chi connectivity index (χ3v) is 2.54. The second kappa shape index (κ2) is 5.31. The summed E-state index contributed by atoms with van der Waals surface area (Å²) < 4.78 is 9.91.